The number of esters is 2. The summed E-state index contributed by atoms with van der Waals surface area (Å²) in [4.78, 5) is 24.7. The average molecular weight is 380 g/mol. The van der Waals surface area contributed by atoms with Gasteiger partial charge >= 0.3 is 11.9 Å². The van der Waals surface area contributed by atoms with Crippen LogP contribution in [0.1, 0.15) is 68.7 Å². The highest BCUT2D eigenvalue weighted by atomic mass is 16.6. The number of carbonyl (C=O) groups excluding carboxylic acids is 2. The van der Waals surface area contributed by atoms with Crippen molar-refractivity contribution in [2.45, 2.75) is 65.6 Å². The molecule has 4 nitrogen and oxygen atoms in total. The molecule has 0 atom stereocenters. The minimum Gasteiger partial charge on any atom is -0.459 e. The van der Waals surface area contributed by atoms with E-state index in [0.717, 1.165) is 22.3 Å². The van der Waals surface area contributed by atoms with E-state index in [0.29, 0.717) is 36.8 Å². The third-order valence-corrected chi connectivity index (χ3v) is 5.65. The van der Waals surface area contributed by atoms with Gasteiger partial charge in [0.25, 0.3) is 0 Å². The Bertz CT molecular complexity index is 803. The van der Waals surface area contributed by atoms with Crippen molar-refractivity contribution >= 4 is 11.9 Å². The van der Waals surface area contributed by atoms with Crippen molar-refractivity contribution in [1.29, 1.82) is 0 Å². The van der Waals surface area contributed by atoms with Crippen molar-refractivity contribution in [2.24, 2.45) is 0 Å². The maximum absolute atomic E-state index is 12.4. The Morgan fingerprint density at radius 3 is 1.32 bits per heavy atom. The first-order valence-electron chi connectivity index (χ1n) is 9.90. The fourth-order valence-electron chi connectivity index (χ4n) is 3.44. The standard InChI is InChI=1S/C24H28O4/c1-15-5-7-19(13-17(15)3)23(25)27-21-9-11-22(12-10-21)28-24(26)20-8-6-16(2)18(4)14-20/h5-8,13-14,21-22H,9-12H2,1-4H3. The van der Waals surface area contributed by atoms with Crippen LogP contribution in [0, 0.1) is 27.7 Å². The fourth-order valence-corrected chi connectivity index (χ4v) is 3.44. The van der Waals surface area contributed by atoms with Crippen LogP contribution in [0.25, 0.3) is 0 Å². The first kappa shape index (κ1) is 20.1. The highest BCUT2D eigenvalue weighted by Crippen LogP contribution is 2.25. The van der Waals surface area contributed by atoms with E-state index < -0.39 is 0 Å². The summed E-state index contributed by atoms with van der Waals surface area (Å²) in [6.45, 7) is 8.01. The molecule has 0 N–H and O–H groups in total. The lowest BCUT2D eigenvalue weighted by Gasteiger charge is -2.28. The maximum atomic E-state index is 12.4. The largest absolute Gasteiger partial charge is 0.459 e. The molecule has 2 aromatic rings. The summed E-state index contributed by atoms with van der Waals surface area (Å²) in [5, 5.41) is 0. The van der Waals surface area contributed by atoms with Crippen LogP contribution in [0.4, 0.5) is 0 Å². The van der Waals surface area contributed by atoms with Gasteiger partial charge in [0.1, 0.15) is 12.2 Å². The van der Waals surface area contributed by atoms with E-state index in [2.05, 4.69) is 0 Å². The van der Waals surface area contributed by atoms with Gasteiger partial charge in [-0.2, -0.15) is 0 Å². The number of hydrogen-bond donors (Lipinski definition) is 0. The molecule has 1 fully saturated rings. The highest BCUT2D eigenvalue weighted by Gasteiger charge is 2.27. The second kappa shape index (κ2) is 8.59. The molecule has 148 valence electrons. The maximum Gasteiger partial charge on any atom is 0.338 e. The highest BCUT2D eigenvalue weighted by molar-refractivity contribution is 5.90. The predicted octanol–water partition coefficient (Wildman–Crippen LogP) is 5.25. The molecule has 1 aliphatic rings. The van der Waals surface area contributed by atoms with Gasteiger partial charge in [-0.25, -0.2) is 9.59 Å². The van der Waals surface area contributed by atoms with Crippen molar-refractivity contribution in [3.63, 3.8) is 0 Å². The lowest BCUT2D eigenvalue weighted by molar-refractivity contribution is -0.0108. The molecular weight excluding hydrogens is 352 g/mol. The van der Waals surface area contributed by atoms with Gasteiger partial charge in [-0.05, 0) is 99.9 Å². The van der Waals surface area contributed by atoms with Crippen molar-refractivity contribution in [1.82, 2.24) is 0 Å². The molecule has 1 saturated carbocycles. The molecule has 2 aromatic carbocycles. The van der Waals surface area contributed by atoms with Crippen molar-refractivity contribution in [3.8, 4) is 0 Å². The minimum absolute atomic E-state index is 0.120. The lowest BCUT2D eigenvalue weighted by Crippen LogP contribution is -2.29. The van der Waals surface area contributed by atoms with Crippen LogP contribution in [0.15, 0.2) is 36.4 Å². The Morgan fingerprint density at radius 2 is 1.00 bits per heavy atom. The zero-order valence-corrected chi connectivity index (χ0v) is 17.1. The fraction of sp³-hybridized carbons (Fsp3) is 0.417. The van der Waals surface area contributed by atoms with Crippen LogP contribution in [-0.2, 0) is 9.47 Å². The average Bonchev–Trinajstić information content (AvgIpc) is 2.67. The Morgan fingerprint density at radius 1 is 0.643 bits per heavy atom. The zero-order chi connectivity index (χ0) is 20.3. The topological polar surface area (TPSA) is 52.6 Å². The normalized spacial score (nSPS) is 19.1. The summed E-state index contributed by atoms with van der Waals surface area (Å²) >= 11 is 0. The minimum atomic E-state index is -0.279. The molecule has 0 spiro atoms. The van der Waals surface area contributed by atoms with E-state index in [-0.39, 0.29) is 24.1 Å². The lowest BCUT2D eigenvalue weighted by atomic mass is 9.94. The first-order valence-corrected chi connectivity index (χ1v) is 9.90. The number of rotatable bonds is 4. The van der Waals surface area contributed by atoms with E-state index in [1.807, 2.05) is 64.1 Å². The van der Waals surface area contributed by atoms with Crippen LogP contribution in [0.5, 0.6) is 0 Å². The van der Waals surface area contributed by atoms with Gasteiger partial charge in [0.15, 0.2) is 0 Å². The van der Waals surface area contributed by atoms with Crippen LogP contribution in [-0.4, -0.2) is 24.1 Å². The van der Waals surface area contributed by atoms with Crippen molar-refractivity contribution in [3.05, 3.63) is 69.8 Å². The Hall–Kier alpha value is -2.62. The third kappa shape index (κ3) is 4.80. The summed E-state index contributed by atoms with van der Waals surface area (Å²) in [6, 6.07) is 11.2. The molecule has 3 rings (SSSR count). The van der Waals surface area contributed by atoms with E-state index in [4.69, 9.17) is 9.47 Å². The van der Waals surface area contributed by atoms with Crippen molar-refractivity contribution < 1.29 is 19.1 Å². The molecule has 28 heavy (non-hydrogen) atoms. The van der Waals surface area contributed by atoms with E-state index in [1.165, 1.54) is 0 Å². The predicted molar refractivity (Wildman–Crippen MR) is 109 cm³/mol. The summed E-state index contributed by atoms with van der Waals surface area (Å²) < 4.78 is 11.3. The molecule has 1 aliphatic carbocycles. The molecule has 0 aliphatic heterocycles. The molecule has 0 bridgehead atoms. The Kier molecular flexibility index (Phi) is 6.18. The first-order chi connectivity index (χ1) is 13.3. The summed E-state index contributed by atoms with van der Waals surface area (Å²) in [7, 11) is 0. The second-order valence-corrected chi connectivity index (χ2v) is 7.81. The number of carbonyl (C=O) groups is 2. The third-order valence-electron chi connectivity index (χ3n) is 5.65. The van der Waals surface area contributed by atoms with Gasteiger partial charge in [0, 0.05) is 0 Å². The number of ether oxygens (including phenoxy) is 2. The zero-order valence-electron chi connectivity index (χ0n) is 17.1. The smallest absolute Gasteiger partial charge is 0.338 e. The van der Waals surface area contributed by atoms with Crippen LogP contribution in [0.2, 0.25) is 0 Å². The van der Waals surface area contributed by atoms with E-state index in [9.17, 15) is 9.59 Å². The van der Waals surface area contributed by atoms with Crippen LogP contribution >= 0.6 is 0 Å². The molecule has 4 heteroatoms. The molecule has 0 amide bonds. The van der Waals surface area contributed by atoms with Gasteiger partial charge < -0.3 is 9.47 Å². The summed E-state index contributed by atoms with van der Waals surface area (Å²) in [5.41, 5.74) is 5.65. The molecular formula is C24H28O4. The Labute approximate surface area is 166 Å². The van der Waals surface area contributed by atoms with Crippen LogP contribution < -0.4 is 0 Å². The van der Waals surface area contributed by atoms with Crippen molar-refractivity contribution in [2.75, 3.05) is 0 Å². The van der Waals surface area contributed by atoms with Gasteiger partial charge in [-0.1, -0.05) is 12.1 Å². The molecule has 0 aromatic heterocycles. The van der Waals surface area contributed by atoms with Gasteiger partial charge in [-0.3, -0.25) is 0 Å². The molecule has 0 saturated heterocycles. The van der Waals surface area contributed by atoms with E-state index in [1.54, 1.807) is 0 Å². The molecule has 0 heterocycles. The summed E-state index contributed by atoms with van der Waals surface area (Å²) in [6.07, 6.45) is 2.60. The number of hydrogen-bond acceptors (Lipinski definition) is 4. The van der Waals surface area contributed by atoms with Gasteiger partial charge in [0.05, 0.1) is 11.1 Å². The SMILES string of the molecule is Cc1ccc(C(=O)OC2CCC(OC(=O)c3ccc(C)c(C)c3)CC2)cc1C. The molecule has 0 unspecified atom stereocenters. The number of benzene rings is 2. The van der Waals surface area contributed by atoms with Crippen LogP contribution in [0.3, 0.4) is 0 Å². The van der Waals surface area contributed by atoms with Gasteiger partial charge in [0.2, 0.25) is 0 Å². The summed E-state index contributed by atoms with van der Waals surface area (Å²) in [5.74, 6) is -0.558. The quantitative estimate of drug-likeness (QED) is 0.680. The molecule has 0 radical (unpaired) electrons. The monoisotopic (exact) mass is 380 g/mol. The number of aryl methyl sites for hydroxylation is 4. The Balaban J connectivity index is 1.50. The van der Waals surface area contributed by atoms with Gasteiger partial charge in [-0.15, -0.1) is 0 Å². The second-order valence-electron chi connectivity index (χ2n) is 7.81. The van der Waals surface area contributed by atoms with E-state index >= 15 is 0 Å².